The first-order valence-electron chi connectivity index (χ1n) is 15.0. The van der Waals surface area contributed by atoms with Crippen LogP contribution >= 0.6 is 0 Å². The fraction of sp³-hybridized carbons (Fsp3) is 1.00. The van der Waals surface area contributed by atoms with Crippen LogP contribution in [0.5, 0.6) is 0 Å². The molecule has 0 fully saturated rings. The zero-order valence-corrected chi connectivity index (χ0v) is 22.7. The Hall–Kier alpha value is -0.0800. The lowest BCUT2D eigenvalue weighted by atomic mass is 10.0. The van der Waals surface area contributed by atoms with Crippen molar-refractivity contribution >= 4 is 0 Å². The summed E-state index contributed by atoms with van der Waals surface area (Å²) < 4.78 is 0. The zero-order valence-electron chi connectivity index (χ0n) is 22.7. The summed E-state index contributed by atoms with van der Waals surface area (Å²) in [5.74, 6) is 0. The monoisotopic (exact) mass is 456 g/mol. The van der Waals surface area contributed by atoms with Crippen molar-refractivity contribution in [1.82, 2.24) is 0 Å². The number of aliphatic hydroxyl groups excluding tert-OH is 2. The summed E-state index contributed by atoms with van der Waals surface area (Å²) in [7, 11) is 0. The Balaban J connectivity index is 0. The molecule has 196 valence electrons. The Bertz CT molecular complexity index is 254. The number of unbranched alkanes of at least 4 members (excludes halogenated alkanes) is 24. The molecule has 0 spiro atoms. The van der Waals surface area contributed by atoms with Gasteiger partial charge in [0.25, 0.3) is 0 Å². The standard InChI is InChI=1S/C18H38O.C12H26O/c1-2-3-4-5-6-7-8-9-10-11-12-13-14-15-16-17-18-19;1-2-3-4-5-6-7-8-9-10-11-12-13/h19H,2-18H2,1H3;13H,2-12H2,1H3. The second kappa shape index (κ2) is 35.5. The molecule has 0 aliphatic rings. The minimum atomic E-state index is 0.372. The van der Waals surface area contributed by atoms with Gasteiger partial charge in [-0.15, -0.1) is 0 Å². The average Bonchev–Trinajstić information content (AvgIpc) is 2.81. The molecule has 0 saturated carbocycles. The van der Waals surface area contributed by atoms with Gasteiger partial charge < -0.3 is 10.2 Å². The molecule has 0 unspecified atom stereocenters. The first-order chi connectivity index (χ1) is 15.8. The van der Waals surface area contributed by atoms with Crippen molar-refractivity contribution in [2.24, 2.45) is 0 Å². The molecule has 0 amide bonds. The summed E-state index contributed by atoms with van der Waals surface area (Å²) in [6, 6.07) is 0. The second-order valence-corrected chi connectivity index (χ2v) is 9.93. The lowest BCUT2D eigenvalue weighted by molar-refractivity contribution is 0.282. The molecule has 0 aliphatic carbocycles. The van der Waals surface area contributed by atoms with Crippen LogP contribution in [0.15, 0.2) is 0 Å². The SMILES string of the molecule is CCCCCCCCCCCCCCCCCCO.CCCCCCCCCCCCO. The van der Waals surface area contributed by atoms with Crippen molar-refractivity contribution in [2.45, 2.75) is 181 Å². The molecule has 0 heterocycles. The molecule has 0 bridgehead atoms. The molecule has 0 aromatic heterocycles. The van der Waals surface area contributed by atoms with Gasteiger partial charge in [-0.1, -0.05) is 168 Å². The van der Waals surface area contributed by atoms with E-state index in [1.165, 1.54) is 154 Å². The minimum Gasteiger partial charge on any atom is -0.396 e. The highest BCUT2D eigenvalue weighted by Crippen LogP contribution is 2.13. The van der Waals surface area contributed by atoms with Gasteiger partial charge >= 0.3 is 0 Å². The van der Waals surface area contributed by atoms with Crippen LogP contribution < -0.4 is 0 Å². The average molecular weight is 457 g/mol. The third-order valence-corrected chi connectivity index (χ3v) is 6.52. The van der Waals surface area contributed by atoms with Crippen molar-refractivity contribution in [3.05, 3.63) is 0 Å². The van der Waals surface area contributed by atoms with E-state index in [9.17, 15) is 0 Å². The molecule has 0 aromatic rings. The second-order valence-electron chi connectivity index (χ2n) is 9.93. The van der Waals surface area contributed by atoms with E-state index in [1.54, 1.807) is 0 Å². The summed E-state index contributed by atoms with van der Waals surface area (Å²) >= 11 is 0. The normalized spacial score (nSPS) is 10.9. The molecule has 0 aromatic carbocycles. The summed E-state index contributed by atoms with van der Waals surface area (Å²) in [6.45, 7) is 5.29. The van der Waals surface area contributed by atoms with Gasteiger partial charge in [0.05, 0.1) is 0 Å². The topological polar surface area (TPSA) is 40.5 Å². The molecule has 0 saturated heterocycles. The zero-order chi connectivity index (χ0) is 23.8. The lowest BCUT2D eigenvalue weighted by Gasteiger charge is -2.03. The Morgan fingerprint density at radius 3 is 0.562 bits per heavy atom. The van der Waals surface area contributed by atoms with Crippen molar-refractivity contribution in [3.8, 4) is 0 Å². The Morgan fingerprint density at radius 1 is 0.250 bits per heavy atom. The van der Waals surface area contributed by atoms with E-state index in [-0.39, 0.29) is 0 Å². The third kappa shape index (κ3) is 37.2. The summed E-state index contributed by atoms with van der Waals surface area (Å²) in [5, 5.41) is 17.2. The van der Waals surface area contributed by atoms with E-state index in [0.29, 0.717) is 13.2 Å². The molecule has 2 nitrogen and oxygen atoms in total. The van der Waals surface area contributed by atoms with Crippen molar-refractivity contribution in [2.75, 3.05) is 13.2 Å². The molecule has 2 heteroatoms. The molecule has 0 radical (unpaired) electrons. The summed E-state index contributed by atoms with van der Waals surface area (Å²) in [6.07, 6.45) is 35.5. The first kappa shape index (κ1) is 34.1. The van der Waals surface area contributed by atoms with Crippen LogP contribution in [0.25, 0.3) is 0 Å². The lowest BCUT2D eigenvalue weighted by Crippen LogP contribution is -1.85. The number of hydrogen-bond acceptors (Lipinski definition) is 2. The predicted octanol–water partition coefficient (Wildman–Crippen LogP) is 10.1. The van der Waals surface area contributed by atoms with Crippen molar-refractivity contribution in [1.29, 1.82) is 0 Å². The van der Waals surface area contributed by atoms with E-state index < -0.39 is 0 Å². The third-order valence-electron chi connectivity index (χ3n) is 6.52. The van der Waals surface area contributed by atoms with Gasteiger partial charge in [-0.25, -0.2) is 0 Å². The van der Waals surface area contributed by atoms with E-state index in [4.69, 9.17) is 10.2 Å². The van der Waals surface area contributed by atoms with E-state index in [2.05, 4.69) is 13.8 Å². The smallest absolute Gasteiger partial charge is 0.0431 e. The summed E-state index contributed by atoms with van der Waals surface area (Å²) in [5.41, 5.74) is 0. The van der Waals surface area contributed by atoms with Crippen LogP contribution in [0.2, 0.25) is 0 Å². The molecule has 0 atom stereocenters. The van der Waals surface area contributed by atoms with E-state index in [0.717, 1.165) is 12.8 Å². The maximum atomic E-state index is 8.67. The Kier molecular flexibility index (Phi) is 37.8. The van der Waals surface area contributed by atoms with Crippen molar-refractivity contribution in [3.63, 3.8) is 0 Å². The van der Waals surface area contributed by atoms with Gasteiger partial charge in [0.15, 0.2) is 0 Å². The maximum absolute atomic E-state index is 8.67. The molecular formula is C30H64O2. The predicted molar refractivity (Wildman–Crippen MR) is 146 cm³/mol. The van der Waals surface area contributed by atoms with Crippen molar-refractivity contribution < 1.29 is 10.2 Å². The van der Waals surface area contributed by atoms with Gasteiger partial charge in [0, 0.05) is 13.2 Å². The van der Waals surface area contributed by atoms with Crippen LogP contribution in [0.3, 0.4) is 0 Å². The van der Waals surface area contributed by atoms with Crippen LogP contribution in [0.4, 0.5) is 0 Å². The number of rotatable bonds is 26. The van der Waals surface area contributed by atoms with Gasteiger partial charge in [0.1, 0.15) is 0 Å². The van der Waals surface area contributed by atoms with Crippen LogP contribution in [-0.4, -0.2) is 23.4 Å². The summed E-state index contributed by atoms with van der Waals surface area (Å²) in [4.78, 5) is 0. The fourth-order valence-corrected chi connectivity index (χ4v) is 4.26. The van der Waals surface area contributed by atoms with Gasteiger partial charge in [-0.2, -0.15) is 0 Å². The van der Waals surface area contributed by atoms with Crippen LogP contribution in [-0.2, 0) is 0 Å². The quantitative estimate of drug-likeness (QED) is 0.127. The first-order valence-corrected chi connectivity index (χ1v) is 15.0. The Labute approximate surface area is 204 Å². The van der Waals surface area contributed by atoms with Gasteiger partial charge in [-0.3, -0.25) is 0 Å². The largest absolute Gasteiger partial charge is 0.396 e. The van der Waals surface area contributed by atoms with E-state index >= 15 is 0 Å². The highest BCUT2D eigenvalue weighted by atomic mass is 16.3. The number of hydrogen-bond donors (Lipinski definition) is 2. The molecule has 2 N–H and O–H groups in total. The molecular weight excluding hydrogens is 392 g/mol. The Morgan fingerprint density at radius 2 is 0.406 bits per heavy atom. The highest BCUT2D eigenvalue weighted by Gasteiger charge is 1.94. The van der Waals surface area contributed by atoms with E-state index in [1.807, 2.05) is 0 Å². The number of aliphatic hydroxyl groups is 2. The highest BCUT2D eigenvalue weighted by molar-refractivity contribution is 4.50. The van der Waals surface area contributed by atoms with Crippen LogP contribution in [0.1, 0.15) is 181 Å². The van der Waals surface area contributed by atoms with Gasteiger partial charge in [0.2, 0.25) is 0 Å². The fourth-order valence-electron chi connectivity index (χ4n) is 4.26. The molecule has 0 rings (SSSR count). The maximum Gasteiger partial charge on any atom is 0.0431 e. The molecule has 0 aliphatic heterocycles. The molecule has 32 heavy (non-hydrogen) atoms. The van der Waals surface area contributed by atoms with Crippen LogP contribution in [0, 0.1) is 0 Å². The van der Waals surface area contributed by atoms with Gasteiger partial charge in [-0.05, 0) is 12.8 Å². The minimum absolute atomic E-state index is 0.372.